The van der Waals surface area contributed by atoms with Gasteiger partial charge in [0.15, 0.2) is 0 Å². The van der Waals surface area contributed by atoms with Gasteiger partial charge in [0.25, 0.3) is 10.0 Å². The Hall–Kier alpha value is -4.34. The molecule has 0 aliphatic heterocycles. The molecule has 0 saturated heterocycles. The van der Waals surface area contributed by atoms with Crippen LogP contribution in [0.25, 0.3) is 0 Å². The fraction of sp³-hybridized carbons (Fsp3) is 0.278. The van der Waals surface area contributed by atoms with Crippen LogP contribution >= 0.6 is 11.6 Å². The van der Waals surface area contributed by atoms with Gasteiger partial charge < -0.3 is 15.0 Å². The minimum atomic E-state index is -4.24. The number of benzene rings is 4. The number of amides is 2. The molecule has 242 valence electrons. The lowest BCUT2D eigenvalue weighted by Crippen LogP contribution is -2.54. The van der Waals surface area contributed by atoms with E-state index < -0.39 is 28.5 Å². The summed E-state index contributed by atoms with van der Waals surface area (Å²) in [5.74, 6) is -0.351. The number of anilines is 1. The smallest absolute Gasteiger partial charge is 0.264 e. The molecule has 0 bridgehead atoms. The summed E-state index contributed by atoms with van der Waals surface area (Å²) in [5, 5.41) is 3.47. The van der Waals surface area contributed by atoms with Gasteiger partial charge in [-0.3, -0.25) is 13.9 Å². The van der Waals surface area contributed by atoms with Crippen LogP contribution in [0.1, 0.15) is 37.0 Å². The van der Waals surface area contributed by atoms with Gasteiger partial charge in [-0.05, 0) is 79.9 Å². The molecule has 0 aliphatic carbocycles. The first-order valence-electron chi connectivity index (χ1n) is 15.1. The fourth-order valence-corrected chi connectivity index (χ4v) is 6.44. The van der Waals surface area contributed by atoms with Crippen LogP contribution in [0.3, 0.4) is 0 Å². The maximum atomic E-state index is 14.5. The summed E-state index contributed by atoms with van der Waals surface area (Å²) in [5.41, 5.74) is 2.99. The summed E-state index contributed by atoms with van der Waals surface area (Å²) in [4.78, 5) is 29.9. The van der Waals surface area contributed by atoms with Gasteiger partial charge in [0.1, 0.15) is 18.3 Å². The van der Waals surface area contributed by atoms with Crippen molar-refractivity contribution < 1.29 is 22.7 Å². The van der Waals surface area contributed by atoms with Gasteiger partial charge >= 0.3 is 0 Å². The highest BCUT2D eigenvalue weighted by Crippen LogP contribution is 2.27. The highest BCUT2D eigenvalue weighted by molar-refractivity contribution is 7.92. The number of sulfonamides is 1. The van der Waals surface area contributed by atoms with E-state index in [2.05, 4.69) is 5.32 Å². The Kier molecular flexibility index (Phi) is 11.8. The lowest BCUT2D eigenvalue weighted by molar-refractivity contribution is -0.140. The molecule has 8 nitrogen and oxygen atoms in total. The third-order valence-corrected chi connectivity index (χ3v) is 9.83. The summed E-state index contributed by atoms with van der Waals surface area (Å²) < 4.78 is 34.6. The van der Waals surface area contributed by atoms with Gasteiger partial charge in [0, 0.05) is 24.0 Å². The van der Waals surface area contributed by atoms with Crippen LogP contribution in [-0.4, -0.2) is 50.9 Å². The fourth-order valence-electron chi connectivity index (χ4n) is 4.90. The van der Waals surface area contributed by atoms with Crippen molar-refractivity contribution in [2.45, 2.75) is 57.1 Å². The molecule has 0 aliphatic rings. The lowest BCUT2D eigenvalue weighted by Gasteiger charge is -2.34. The van der Waals surface area contributed by atoms with Crippen LogP contribution in [0.15, 0.2) is 108 Å². The van der Waals surface area contributed by atoms with E-state index in [1.807, 2.05) is 75.4 Å². The number of hydrogen-bond acceptors (Lipinski definition) is 5. The molecule has 1 N–H and O–H groups in total. The molecule has 0 aromatic heterocycles. The molecule has 0 radical (unpaired) electrons. The molecule has 2 amide bonds. The number of hydrogen-bond donors (Lipinski definition) is 1. The van der Waals surface area contributed by atoms with Crippen LogP contribution in [0.5, 0.6) is 5.75 Å². The second-order valence-electron chi connectivity index (χ2n) is 11.2. The Labute approximate surface area is 277 Å². The number of methoxy groups -OCH3 is 1. The van der Waals surface area contributed by atoms with E-state index in [4.69, 9.17) is 16.3 Å². The number of carbonyl (C=O) groups excluding carboxylic acids is 2. The van der Waals surface area contributed by atoms with Crippen LogP contribution in [0.4, 0.5) is 5.69 Å². The third-order valence-electron chi connectivity index (χ3n) is 7.79. The first kappa shape index (κ1) is 34.5. The molecule has 4 rings (SSSR count). The van der Waals surface area contributed by atoms with E-state index in [9.17, 15) is 18.0 Å². The van der Waals surface area contributed by atoms with Crippen molar-refractivity contribution >= 4 is 39.1 Å². The molecule has 0 saturated carbocycles. The Morgan fingerprint density at radius 2 is 1.50 bits per heavy atom. The van der Waals surface area contributed by atoms with E-state index in [0.717, 1.165) is 21.0 Å². The molecule has 0 unspecified atom stereocenters. The monoisotopic (exact) mass is 661 g/mol. The SMILES string of the molecule is CC[C@H](C)NC(=O)[C@@H](Cc1ccccc1)N(Cc1ccc(C)cc1)C(=O)CN(c1ccc(Cl)cc1)S(=O)(=O)c1ccc(OC)cc1. The second-order valence-corrected chi connectivity index (χ2v) is 13.5. The third kappa shape index (κ3) is 8.89. The Morgan fingerprint density at radius 3 is 2.09 bits per heavy atom. The van der Waals surface area contributed by atoms with Gasteiger partial charge in [-0.1, -0.05) is 78.7 Å². The number of ether oxygens (including phenoxy) is 1. The molecular formula is C36H40ClN3O5S. The molecule has 4 aromatic rings. The average molecular weight is 662 g/mol. The topological polar surface area (TPSA) is 96.0 Å². The maximum absolute atomic E-state index is 14.5. The van der Waals surface area contributed by atoms with E-state index in [-0.39, 0.29) is 35.5 Å². The van der Waals surface area contributed by atoms with Crippen LogP contribution in [-0.2, 0) is 32.6 Å². The number of nitrogens with zero attached hydrogens (tertiary/aromatic N) is 2. The van der Waals surface area contributed by atoms with Crippen LogP contribution in [0, 0.1) is 6.92 Å². The van der Waals surface area contributed by atoms with Crippen molar-refractivity contribution in [1.29, 1.82) is 0 Å². The molecule has 0 heterocycles. The minimum Gasteiger partial charge on any atom is -0.497 e. The zero-order valence-corrected chi connectivity index (χ0v) is 28.1. The molecular weight excluding hydrogens is 622 g/mol. The number of halogens is 1. The standard InChI is InChI=1S/C36H40ClN3O5S/c1-5-27(3)38-36(42)34(23-28-9-7-6-8-10-28)39(24-29-13-11-26(2)12-14-29)35(41)25-40(31-17-15-30(37)16-18-31)46(43,44)33-21-19-32(45-4)20-22-33/h6-22,27,34H,5,23-25H2,1-4H3,(H,38,42)/t27-,34+/m0/s1. The quantitative estimate of drug-likeness (QED) is 0.169. The van der Waals surface area contributed by atoms with Gasteiger partial charge in [-0.25, -0.2) is 8.42 Å². The maximum Gasteiger partial charge on any atom is 0.264 e. The largest absolute Gasteiger partial charge is 0.497 e. The molecule has 46 heavy (non-hydrogen) atoms. The first-order chi connectivity index (χ1) is 22.0. The highest BCUT2D eigenvalue weighted by Gasteiger charge is 2.35. The van der Waals surface area contributed by atoms with Crippen molar-refractivity contribution in [2.24, 2.45) is 0 Å². The summed E-state index contributed by atoms with van der Waals surface area (Å²) >= 11 is 6.14. The number of aryl methyl sites for hydroxylation is 1. The van der Waals surface area contributed by atoms with Crippen molar-refractivity contribution in [3.05, 3.63) is 125 Å². The Morgan fingerprint density at radius 1 is 0.870 bits per heavy atom. The van der Waals surface area contributed by atoms with Gasteiger partial charge in [-0.2, -0.15) is 0 Å². The van der Waals surface area contributed by atoms with E-state index in [1.54, 1.807) is 36.4 Å². The van der Waals surface area contributed by atoms with E-state index >= 15 is 0 Å². The molecule has 0 spiro atoms. The first-order valence-corrected chi connectivity index (χ1v) is 16.9. The zero-order valence-electron chi connectivity index (χ0n) is 26.5. The molecule has 10 heteroatoms. The van der Waals surface area contributed by atoms with Crippen LogP contribution < -0.4 is 14.4 Å². The van der Waals surface area contributed by atoms with Crippen LogP contribution in [0.2, 0.25) is 5.02 Å². The van der Waals surface area contributed by atoms with Crippen molar-refractivity contribution in [2.75, 3.05) is 18.0 Å². The average Bonchev–Trinajstić information content (AvgIpc) is 3.06. The normalized spacial score (nSPS) is 12.5. The van der Waals surface area contributed by atoms with E-state index in [1.165, 1.54) is 24.1 Å². The Bertz CT molecular complexity index is 1700. The Balaban J connectivity index is 1.80. The van der Waals surface area contributed by atoms with Crippen molar-refractivity contribution in [3.8, 4) is 5.75 Å². The summed E-state index contributed by atoms with van der Waals surface area (Å²) in [6.07, 6.45) is 0.951. The van der Waals surface area contributed by atoms with Gasteiger partial charge in [-0.15, -0.1) is 0 Å². The molecule has 4 aromatic carbocycles. The number of nitrogens with one attached hydrogen (secondary N) is 1. The van der Waals surface area contributed by atoms with Gasteiger partial charge in [0.2, 0.25) is 11.8 Å². The predicted octanol–water partition coefficient (Wildman–Crippen LogP) is 6.41. The van der Waals surface area contributed by atoms with E-state index in [0.29, 0.717) is 17.2 Å². The molecule has 2 atom stereocenters. The van der Waals surface area contributed by atoms with Crippen molar-refractivity contribution in [1.82, 2.24) is 10.2 Å². The minimum absolute atomic E-state index is 0.0171. The second kappa shape index (κ2) is 15.8. The predicted molar refractivity (Wildman–Crippen MR) is 183 cm³/mol. The summed E-state index contributed by atoms with van der Waals surface area (Å²) in [6.45, 7) is 5.40. The zero-order chi connectivity index (χ0) is 33.3. The summed E-state index contributed by atoms with van der Waals surface area (Å²) in [7, 11) is -2.75. The van der Waals surface area contributed by atoms with Gasteiger partial charge in [0.05, 0.1) is 17.7 Å². The lowest BCUT2D eigenvalue weighted by atomic mass is 10.0. The summed E-state index contributed by atoms with van der Waals surface area (Å²) in [6, 6.07) is 28.4. The number of carbonyl (C=O) groups is 2. The number of rotatable bonds is 14. The molecule has 0 fully saturated rings. The van der Waals surface area contributed by atoms with Crippen molar-refractivity contribution in [3.63, 3.8) is 0 Å². The highest BCUT2D eigenvalue weighted by atomic mass is 35.5.